The topological polar surface area (TPSA) is 50.4 Å². The number of hydrogen-bond acceptors (Lipinski definition) is 3. The largest absolute Gasteiger partial charge is 0.381 e. The lowest BCUT2D eigenvalue weighted by atomic mass is 9.85. The normalized spacial score (nSPS) is 25.0. The van der Waals surface area contributed by atoms with Gasteiger partial charge in [-0.1, -0.05) is 0 Å². The molecular weight excluding hydrogens is 302 g/mol. The fraction of sp³-hybridized carbons (Fsp3) is 0.588. The molecule has 1 heterocycles. The van der Waals surface area contributed by atoms with Gasteiger partial charge in [0.15, 0.2) is 0 Å². The van der Waals surface area contributed by atoms with E-state index in [1.807, 2.05) is 0 Å². The average molecular weight is 324 g/mol. The highest BCUT2D eigenvalue weighted by Gasteiger charge is 2.33. The summed E-state index contributed by atoms with van der Waals surface area (Å²) in [5.41, 5.74) is 0.355. The Bertz CT molecular complexity index is 541. The predicted molar refractivity (Wildman–Crippen MR) is 82.0 cm³/mol. The Balaban J connectivity index is 1.47. The highest BCUT2D eigenvalue weighted by atomic mass is 19.1. The Morgan fingerprint density at radius 1 is 1.04 bits per heavy atom. The van der Waals surface area contributed by atoms with Gasteiger partial charge in [0.1, 0.15) is 11.6 Å². The number of halogens is 2. The van der Waals surface area contributed by atoms with Crippen molar-refractivity contribution >= 4 is 5.91 Å². The molecule has 1 saturated carbocycles. The molecule has 0 radical (unpaired) electrons. The number of hydrogen-bond donors (Lipinski definition) is 2. The maximum atomic E-state index is 13.1. The molecule has 0 unspecified atom stereocenters. The molecule has 6 heteroatoms. The van der Waals surface area contributed by atoms with Crippen LogP contribution in [0.4, 0.5) is 8.78 Å². The van der Waals surface area contributed by atoms with Crippen LogP contribution in [0, 0.1) is 11.6 Å². The summed E-state index contributed by atoms with van der Waals surface area (Å²) >= 11 is 0. The van der Waals surface area contributed by atoms with Crippen molar-refractivity contribution in [3.05, 3.63) is 35.4 Å². The number of rotatable bonds is 5. The molecule has 2 fully saturated rings. The van der Waals surface area contributed by atoms with E-state index in [-0.39, 0.29) is 24.4 Å². The van der Waals surface area contributed by atoms with Gasteiger partial charge in [0.2, 0.25) is 5.91 Å². The van der Waals surface area contributed by atoms with E-state index in [1.165, 1.54) is 12.1 Å². The average Bonchev–Trinajstić information content (AvgIpc) is 2.49. The highest BCUT2D eigenvalue weighted by Crippen LogP contribution is 2.22. The van der Waals surface area contributed by atoms with E-state index < -0.39 is 11.6 Å². The third kappa shape index (κ3) is 4.48. The molecule has 23 heavy (non-hydrogen) atoms. The lowest BCUT2D eigenvalue weighted by molar-refractivity contribution is -0.122. The van der Waals surface area contributed by atoms with Crippen LogP contribution in [0.25, 0.3) is 0 Å². The summed E-state index contributed by atoms with van der Waals surface area (Å²) in [4.78, 5) is 12.1. The van der Waals surface area contributed by atoms with Gasteiger partial charge < -0.3 is 15.4 Å². The van der Waals surface area contributed by atoms with Crippen LogP contribution in [0.2, 0.25) is 0 Å². The summed E-state index contributed by atoms with van der Waals surface area (Å²) in [6, 6.07) is 4.03. The van der Waals surface area contributed by atoms with Crippen LogP contribution in [-0.2, 0) is 16.0 Å². The minimum absolute atomic E-state index is 0.00479. The van der Waals surface area contributed by atoms with Crippen molar-refractivity contribution in [1.82, 2.24) is 10.6 Å². The molecule has 2 N–H and O–H groups in total. The van der Waals surface area contributed by atoms with Crippen molar-refractivity contribution in [3.63, 3.8) is 0 Å². The van der Waals surface area contributed by atoms with Crippen molar-refractivity contribution in [1.29, 1.82) is 0 Å². The van der Waals surface area contributed by atoms with Crippen LogP contribution in [0.3, 0.4) is 0 Å². The zero-order valence-electron chi connectivity index (χ0n) is 13.0. The fourth-order valence-corrected chi connectivity index (χ4v) is 3.20. The lowest BCUT2D eigenvalue weighted by Gasteiger charge is -2.41. The Labute approximate surface area is 134 Å². The van der Waals surface area contributed by atoms with E-state index in [0.29, 0.717) is 11.6 Å². The molecule has 1 aromatic carbocycles. The predicted octanol–water partition coefficient (Wildman–Crippen LogP) is 1.92. The van der Waals surface area contributed by atoms with Gasteiger partial charge in [-0.25, -0.2) is 8.78 Å². The van der Waals surface area contributed by atoms with Crippen molar-refractivity contribution in [2.24, 2.45) is 0 Å². The van der Waals surface area contributed by atoms with Gasteiger partial charge in [-0.05, 0) is 43.4 Å². The maximum Gasteiger partial charge on any atom is 0.224 e. The number of carbonyl (C=O) groups is 1. The summed E-state index contributed by atoms with van der Waals surface area (Å²) in [7, 11) is 0. The van der Waals surface area contributed by atoms with Gasteiger partial charge in [0.25, 0.3) is 0 Å². The standard InChI is InChI=1S/C17H22F2N2O2/c18-12-7-11(8-13(19)10-12)9-17(22)21-16-2-1-15(16)20-14-3-5-23-6-4-14/h7-8,10,14-16,20H,1-6,9H2,(H,21,22)/t15-,16+/m1/s1. The molecule has 1 aromatic rings. The third-order valence-electron chi connectivity index (χ3n) is 4.58. The van der Waals surface area contributed by atoms with E-state index in [1.54, 1.807) is 0 Å². The number of nitrogens with one attached hydrogen (secondary N) is 2. The second kappa shape index (κ2) is 7.36. The van der Waals surface area contributed by atoms with Crippen LogP contribution < -0.4 is 10.6 Å². The molecular formula is C17H22F2N2O2. The van der Waals surface area contributed by atoms with Crippen LogP contribution in [-0.4, -0.2) is 37.2 Å². The van der Waals surface area contributed by atoms with Gasteiger partial charge in [-0.15, -0.1) is 0 Å². The van der Waals surface area contributed by atoms with Crippen LogP contribution in [0.5, 0.6) is 0 Å². The quantitative estimate of drug-likeness (QED) is 0.870. The fourth-order valence-electron chi connectivity index (χ4n) is 3.20. The SMILES string of the molecule is O=C(Cc1cc(F)cc(F)c1)N[C@H]1CC[C@H]1NC1CCOCC1. The van der Waals surface area contributed by atoms with Crippen LogP contribution in [0.15, 0.2) is 18.2 Å². The number of carbonyl (C=O) groups excluding carboxylic acids is 1. The first kappa shape index (κ1) is 16.3. The molecule has 3 rings (SSSR count). The van der Waals surface area contributed by atoms with Crippen molar-refractivity contribution in [3.8, 4) is 0 Å². The first-order valence-corrected chi connectivity index (χ1v) is 8.18. The molecule has 1 aliphatic carbocycles. The zero-order chi connectivity index (χ0) is 16.2. The smallest absolute Gasteiger partial charge is 0.224 e. The van der Waals surface area contributed by atoms with Crippen LogP contribution >= 0.6 is 0 Å². The van der Waals surface area contributed by atoms with E-state index in [4.69, 9.17) is 4.74 Å². The molecule has 1 amide bonds. The molecule has 0 bridgehead atoms. The summed E-state index contributed by atoms with van der Waals surface area (Å²) < 4.78 is 31.6. The highest BCUT2D eigenvalue weighted by molar-refractivity contribution is 5.79. The van der Waals surface area contributed by atoms with E-state index in [0.717, 1.165) is 45.0 Å². The Morgan fingerprint density at radius 2 is 1.70 bits per heavy atom. The number of ether oxygens (including phenoxy) is 1. The second-order valence-electron chi connectivity index (χ2n) is 6.37. The molecule has 4 nitrogen and oxygen atoms in total. The molecule has 0 aromatic heterocycles. The monoisotopic (exact) mass is 324 g/mol. The van der Waals surface area contributed by atoms with Crippen molar-refractivity contribution < 1.29 is 18.3 Å². The number of amides is 1. The molecule has 1 aliphatic heterocycles. The van der Waals surface area contributed by atoms with Crippen LogP contribution in [0.1, 0.15) is 31.2 Å². The minimum atomic E-state index is -0.657. The lowest BCUT2D eigenvalue weighted by Crippen LogP contribution is -2.59. The minimum Gasteiger partial charge on any atom is -0.381 e. The Kier molecular flexibility index (Phi) is 5.23. The van der Waals surface area contributed by atoms with E-state index in [9.17, 15) is 13.6 Å². The summed E-state index contributed by atoms with van der Waals surface area (Å²) in [5.74, 6) is -1.51. The van der Waals surface area contributed by atoms with E-state index >= 15 is 0 Å². The summed E-state index contributed by atoms with van der Waals surface area (Å²) in [5, 5.41) is 6.54. The summed E-state index contributed by atoms with van der Waals surface area (Å²) in [6.07, 6.45) is 3.97. The molecule has 2 aliphatic rings. The van der Waals surface area contributed by atoms with Gasteiger partial charge in [0, 0.05) is 37.4 Å². The molecule has 2 atom stereocenters. The maximum absolute atomic E-state index is 13.1. The molecule has 126 valence electrons. The zero-order valence-corrected chi connectivity index (χ0v) is 13.0. The Hall–Kier alpha value is -1.53. The van der Waals surface area contributed by atoms with Gasteiger partial charge >= 0.3 is 0 Å². The second-order valence-corrected chi connectivity index (χ2v) is 6.37. The molecule has 1 saturated heterocycles. The van der Waals surface area contributed by atoms with Gasteiger partial charge in [-0.3, -0.25) is 4.79 Å². The Morgan fingerprint density at radius 3 is 2.30 bits per heavy atom. The first-order valence-electron chi connectivity index (χ1n) is 8.18. The van der Waals surface area contributed by atoms with Gasteiger partial charge in [-0.2, -0.15) is 0 Å². The van der Waals surface area contributed by atoms with Gasteiger partial charge in [0.05, 0.1) is 6.42 Å². The summed E-state index contributed by atoms with van der Waals surface area (Å²) in [6.45, 7) is 1.57. The van der Waals surface area contributed by atoms with Crippen molar-refractivity contribution in [2.45, 2.75) is 50.2 Å². The molecule has 0 spiro atoms. The third-order valence-corrected chi connectivity index (χ3v) is 4.58. The first-order chi connectivity index (χ1) is 11.1. The van der Waals surface area contributed by atoms with Crippen molar-refractivity contribution in [2.75, 3.05) is 13.2 Å². The van der Waals surface area contributed by atoms with E-state index in [2.05, 4.69) is 10.6 Å². The number of benzene rings is 1.